The van der Waals surface area contributed by atoms with Crippen molar-refractivity contribution in [2.45, 2.75) is 0 Å². The maximum Gasteiger partial charge on any atom is 0.266 e. The number of ketones is 2. The van der Waals surface area contributed by atoms with Gasteiger partial charge in [0.2, 0.25) is 11.6 Å². The van der Waals surface area contributed by atoms with Gasteiger partial charge in [-0.25, -0.2) is 9.80 Å². The zero-order valence-electron chi connectivity index (χ0n) is 24.9. The summed E-state index contributed by atoms with van der Waals surface area (Å²) >= 11 is 0. The summed E-state index contributed by atoms with van der Waals surface area (Å²) in [7, 11) is 0. The van der Waals surface area contributed by atoms with Crippen LogP contribution in [-0.2, 0) is 0 Å². The number of carbonyl (C=O) groups excluding carboxylic acids is 6. The first-order valence-corrected chi connectivity index (χ1v) is 14.7. The van der Waals surface area contributed by atoms with Crippen molar-refractivity contribution in [3.8, 4) is 23.7 Å². The molecular weight excluding hydrogens is 604 g/mol. The van der Waals surface area contributed by atoms with Crippen molar-refractivity contribution < 1.29 is 28.8 Å². The van der Waals surface area contributed by atoms with Gasteiger partial charge in [-0.3, -0.25) is 28.8 Å². The van der Waals surface area contributed by atoms with Gasteiger partial charge in [-0.2, -0.15) is 0 Å². The van der Waals surface area contributed by atoms with Crippen molar-refractivity contribution in [2.24, 2.45) is 0 Å². The predicted octanol–water partition coefficient (Wildman–Crippen LogP) is 5.76. The van der Waals surface area contributed by atoms with E-state index in [0.717, 1.165) is 9.80 Å². The molecule has 0 saturated heterocycles. The Morgan fingerprint density at radius 1 is 0.417 bits per heavy atom. The summed E-state index contributed by atoms with van der Waals surface area (Å²) in [5.41, 5.74) is 2.50. The van der Waals surface area contributed by atoms with Crippen LogP contribution in [0.25, 0.3) is 0 Å². The van der Waals surface area contributed by atoms with Crippen molar-refractivity contribution in [2.75, 3.05) is 9.80 Å². The predicted molar refractivity (Wildman–Crippen MR) is 177 cm³/mol. The van der Waals surface area contributed by atoms with Crippen LogP contribution in [-0.4, -0.2) is 35.2 Å². The molecule has 0 saturated carbocycles. The standard InChI is InChI=1S/C40H20N2O6/c43-35(21-11-25-7-3-1-4-8-25)27-13-19-31-33(23-27)39(47)41(37(31)45)29-15-17-30(18-16-29)42-38(46)32-20-14-28(24-34(32)40(42)48)36(44)22-12-26-9-5-2-6-10-26/h1-10,13-20,23-24H. The van der Waals surface area contributed by atoms with Crippen LogP contribution in [0.5, 0.6) is 0 Å². The molecule has 7 rings (SSSR count). The van der Waals surface area contributed by atoms with Crippen molar-refractivity contribution in [3.05, 3.63) is 166 Å². The normalized spacial score (nSPS) is 12.9. The number of amides is 4. The van der Waals surface area contributed by atoms with E-state index in [-0.39, 0.29) is 44.8 Å². The number of hydrogen-bond acceptors (Lipinski definition) is 6. The zero-order valence-corrected chi connectivity index (χ0v) is 24.9. The van der Waals surface area contributed by atoms with Gasteiger partial charge in [-0.15, -0.1) is 0 Å². The number of carbonyl (C=O) groups is 6. The smallest absolute Gasteiger partial charge is 0.266 e. The first-order valence-electron chi connectivity index (χ1n) is 14.7. The van der Waals surface area contributed by atoms with Crippen LogP contribution in [0.1, 0.15) is 73.3 Å². The highest BCUT2D eigenvalue weighted by atomic mass is 16.2. The van der Waals surface area contributed by atoms with E-state index in [9.17, 15) is 28.8 Å². The number of nitrogens with zero attached hydrogens (tertiary/aromatic N) is 2. The monoisotopic (exact) mass is 624 g/mol. The fourth-order valence-corrected chi connectivity index (χ4v) is 5.43. The highest BCUT2D eigenvalue weighted by molar-refractivity contribution is 6.36. The summed E-state index contributed by atoms with van der Waals surface area (Å²) < 4.78 is 0. The first-order chi connectivity index (χ1) is 23.3. The Morgan fingerprint density at radius 2 is 0.771 bits per heavy atom. The lowest BCUT2D eigenvalue weighted by Gasteiger charge is -2.17. The Kier molecular flexibility index (Phi) is 7.37. The molecule has 0 unspecified atom stereocenters. The summed E-state index contributed by atoms with van der Waals surface area (Å²) in [6.45, 7) is 0. The second-order valence-electron chi connectivity index (χ2n) is 10.8. The molecular formula is C40H20N2O6. The summed E-state index contributed by atoms with van der Waals surface area (Å²) in [5.74, 6) is 7.30. The Labute approximate surface area is 274 Å². The molecule has 226 valence electrons. The molecule has 0 aliphatic carbocycles. The van der Waals surface area contributed by atoms with Gasteiger partial charge >= 0.3 is 0 Å². The van der Waals surface area contributed by atoms with E-state index in [2.05, 4.69) is 23.7 Å². The number of Topliss-reactive ketones (excluding diaryl/α,β-unsaturated/α-hetero) is 2. The van der Waals surface area contributed by atoms with Gasteiger partial charge in [0, 0.05) is 22.3 Å². The maximum absolute atomic E-state index is 13.4. The van der Waals surface area contributed by atoms with Gasteiger partial charge in [-0.05, 0) is 96.8 Å². The Balaban J connectivity index is 1.09. The SMILES string of the molecule is O=C(C#Cc1ccccc1)c1ccc2c(c1)C(=O)N(c1ccc(N3C(=O)c4ccc(C(=O)C#Cc5ccccc5)cc4C3=O)cc1)C2=O. The van der Waals surface area contributed by atoms with Gasteiger partial charge in [0.05, 0.1) is 33.6 Å². The molecule has 5 aromatic rings. The average Bonchev–Trinajstić information content (AvgIpc) is 3.53. The van der Waals surface area contributed by atoms with Crippen LogP contribution in [0.15, 0.2) is 121 Å². The first kappa shape index (κ1) is 29.5. The number of rotatable bonds is 4. The molecule has 2 aliphatic heterocycles. The summed E-state index contributed by atoms with van der Waals surface area (Å²) in [4.78, 5) is 80.6. The lowest BCUT2D eigenvalue weighted by Crippen LogP contribution is -2.30. The van der Waals surface area contributed by atoms with E-state index in [1.165, 1.54) is 60.7 Å². The Morgan fingerprint density at radius 3 is 1.15 bits per heavy atom. The third-order valence-electron chi connectivity index (χ3n) is 7.85. The summed E-state index contributed by atoms with van der Waals surface area (Å²) in [5, 5.41) is 0. The van der Waals surface area contributed by atoms with Crippen LogP contribution in [0.3, 0.4) is 0 Å². The minimum absolute atomic E-state index is 0.0654. The quantitative estimate of drug-likeness (QED) is 0.143. The maximum atomic E-state index is 13.4. The van der Waals surface area contributed by atoms with E-state index in [1.54, 1.807) is 48.5 Å². The summed E-state index contributed by atoms with van der Waals surface area (Å²) in [6, 6.07) is 32.2. The Bertz CT molecular complexity index is 2190. The molecule has 4 amide bonds. The molecule has 0 fully saturated rings. The van der Waals surface area contributed by atoms with Crippen molar-refractivity contribution >= 4 is 46.6 Å². The topological polar surface area (TPSA) is 109 Å². The number of fused-ring (bicyclic) bond motifs is 2. The van der Waals surface area contributed by atoms with Crippen molar-refractivity contribution in [1.29, 1.82) is 0 Å². The van der Waals surface area contributed by atoms with E-state index in [1.807, 2.05) is 12.1 Å². The van der Waals surface area contributed by atoms with Crippen LogP contribution >= 0.6 is 0 Å². The van der Waals surface area contributed by atoms with Crippen LogP contribution in [0.2, 0.25) is 0 Å². The molecule has 0 spiro atoms. The van der Waals surface area contributed by atoms with E-state index < -0.39 is 35.2 Å². The van der Waals surface area contributed by atoms with Crippen molar-refractivity contribution in [3.63, 3.8) is 0 Å². The fraction of sp³-hybridized carbons (Fsp3) is 0. The van der Waals surface area contributed by atoms with Crippen LogP contribution in [0.4, 0.5) is 11.4 Å². The second kappa shape index (κ2) is 12.0. The molecule has 0 bridgehead atoms. The zero-order chi connectivity index (χ0) is 33.4. The van der Waals surface area contributed by atoms with Gasteiger partial charge in [-0.1, -0.05) is 48.2 Å². The van der Waals surface area contributed by atoms with Crippen molar-refractivity contribution in [1.82, 2.24) is 0 Å². The molecule has 8 nitrogen and oxygen atoms in total. The Hall–Kier alpha value is -7.16. The molecule has 2 aliphatic rings. The number of hydrogen-bond donors (Lipinski definition) is 0. The minimum Gasteiger partial charge on any atom is -0.279 e. The van der Waals surface area contributed by atoms with Crippen LogP contribution < -0.4 is 9.80 Å². The molecule has 48 heavy (non-hydrogen) atoms. The molecule has 0 atom stereocenters. The lowest BCUT2D eigenvalue weighted by molar-refractivity contribution is 0.0909. The minimum atomic E-state index is -0.623. The van der Waals surface area contributed by atoms with E-state index >= 15 is 0 Å². The van der Waals surface area contributed by atoms with E-state index in [0.29, 0.717) is 11.1 Å². The second-order valence-corrected chi connectivity index (χ2v) is 10.8. The average molecular weight is 625 g/mol. The van der Waals surface area contributed by atoms with Gasteiger partial charge in [0.15, 0.2) is 0 Å². The van der Waals surface area contributed by atoms with E-state index in [4.69, 9.17) is 0 Å². The highest BCUT2D eigenvalue weighted by Gasteiger charge is 2.39. The molecule has 2 heterocycles. The number of imide groups is 2. The molecule has 8 heteroatoms. The van der Waals surface area contributed by atoms with Gasteiger partial charge in [0.25, 0.3) is 23.6 Å². The summed E-state index contributed by atoms with van der Waals surface area (Å²) in [6.07, 6.45) is 0. The number of benzene rings is 5. The third kappa shape index (κ3) is 5.26. The molecule has 0 N–H and O–H groups in total. The fourth-order valence-electron chi connectivity index (χ4n) is 5.43. The largest absolute Gasteiger partial charge is 0.279 e. The number of anilines is 2. The van der Waals surface area contributed by atoms with Crippen LogP contribution in [0, 0.1) is 23.7 Å². The van der Waals surface area contributed by atoms with Gasteiger partial charge < -0.3 is 0 Å². The lowest BCUT2D eigenvalue weighted by atomic mass is 10.0. The third-order valence-corrected chi connectivity index (χ3v) is 7.85. The molecule has 5 aromatic carbocycles. The molecule has 0 aromatic heterocycles. The molecule has 0 radical (unpaired) electrons. The highest BCUT2D eigenvalue weighted by Crippen LogP contribution is 2.33. The van der Waals surface area contributed by atoms with Gasteiger partial charge in [0.1, 0.15) is 0 Å².